The molecule has 47 heavy (non-hydrogen) atoms. The van der Waals surface area contributed by atoms with Gasteiger partial charge in [-0.05, 0) is 75.9 Å². The van der Waals surface area contributed by atoms with Crippen molar-refractivity contribution in [2.75, 3.05) is 25.1 Å². The summed E-state index contributed by atoms with van der Waals surface area (Å²) in [5.41, 5.74) is 1.85. The third kappa shape index (κ3) is 6.30. The molecule has 4 heterocycles. The Kier molecular flexibility index (Phi) is 8.27. The lowest BCUT2D eigenvalue weighted by Gasteiger charge is -2.35. The number of pyridine rings is 1. The highest BCUT2D eigenvalue weighted by Crippen LogP contribution is 2.49. The van der Waals surface area contributed by atoms with Crippen LogP contribution in [-0.4, -0.2) is 63.8 Å². The van der Waals surface area contributed by atoms with E-state index in [1.54, 1.807) is 29.2 Å². The number of likely N-dealkylation sites (tertiary alicyclic amines) is 1. The monoisotopic (exact) mass is 651 g/mol. The minimum Gasteiger partial charge on any atom is -0.497 e. The van der Waals surface area contributed by atoms with Crippen LogP contribution in [-0.2, 0) is 16.0 Å². The molecule has 0 radical (unpaired) electrons. The first kappa shape index (κ1) is 32.1. The normalized spacial score (nSPS) is 17.4. The molecule has 2 amide bonds. The Bertz CT molecular complexity index is 1810. The average Bonchev–Trinajstić information content (AvgIpc) is 3.42. The van der Waals surface area contributed by atoms with Crippen LogP contribution in [0.1, 0.15) is 62.4 Å². The van der Waals surface area contributed by atoms with E-state index in [2.05, 4.69) is 4.98 Å². The second kappa shape index (κ2) is 12.1. The number of carbonyl (C=O) groups is 2. The van der Waals surface area contributed by atoms with E-state index >= 15 is 0 Å². The Labute approximate surface area is 270 Å². The molecule has 0 bridgehead atoms. The first-order chi connectivity index (χ1) is 22.2. The smallest absolute Gasteiger partial charge is 0.430 e. The molecule has 6 rings (SSSR count). The maximum absolute atomic E-state index is 14.6. The summed E-state index contributed by atoms with van der Waals surface area (Å²) in [5, 5.41) is 5.65. The highest BCUT2D eigenvalue weighted by molar-refractivity contribution is 5.99. The summed E-state index contributed by atoms with van der Waals surface area (Å²) in [6.45, 7) is 8.15. The lowest BCUT2D eigenvalue weighted by molar-refractivity contribution is -0.207. The van der Waals surface area contributed by atoms with E-state index in [0.717, 1.165) is 16.0 Å². The van der Waals surface area contributed by atoms with E-state index in [-0.39, 0.29) is 35.6 Å². The van der Waals surface area contributed by atoms with Gasteiger partial charge in [-0.1, -0.05) is 24.3 Å². The number of nitrogens with zero attached hydrogens (tertiary/aromatic N) is 5. The Balaban J connectivity index is 1.42. The predicted octanol–water partition coefficient (Wildman–Crippen LogP) is 7.75. The molecule has 0 N–H and O–H groups in total. The fourth-order valence-electron chi connectivity index (χ4n) is 6.18. The number of aromatic nitrogens is 3. The Morgan fingerprint density at radius 3 is 2.38 bits per heavy atom. The van der Waals surface area contributed by atoms with Crippen LogP contribution in [0, 0.1) is 6.92 Å². The number of carbonyl (C=O) groups excluding carboxylic acids is 2. The quantitative estimate of drug-likeness (QED) is 0.218. The molecule has 13 heteroatoms. The first-order valence-electron chi connectivity index (χ1n) is 15.4. The number of hydrogen-bond acceptors (Lipinski definition) is 7. The van der Waals surface area contributed by atoms with Crippen LogP contribution in [0.4, 0.5) is 28.6 Å². The van der Waals surface area contributed by atoms with E-state index in [4.69, 9.17) is 19.3 Å². The molecule has 2 aromatic carbocycles. The van der Waals surface area contributed by atoms with Crippen LogP contribution < -0.4 is 9.64 Å². The molecule has 0 spiro atoms. The number of hydrogen-bond donors (Lipinski definition) is 0. The minimum absolute atomic E-state index is 0.0682. The largest absolute Gasteiger partial charge is 0.497 e. The van der Waals surface area contributed by atoms with Gasteiger partial charge in [-0.2, -0.15) is 18.3 Å². The molecule has 1 atom stereocenters. The van der Waals surface area contributed by atoms with Gasteiger partial charge in [-0.3, -0.25) is 9.58 Å². The number of anilines is 1. The third-order valence-corrected chi connectivity index (χ3v) is 8.38. The van der Waals surface area contributed by atoms with Crippen molar-refractivity contribution in [2.24, 2.45) is 0 Å². The van der Waals surface area contributed by atoms with Crippen LogP contribution in [0.2, 0.25) is 0 Å². The van der Waals surface area contributed by atoms with Crippen molar-refractivity contribution in [1.29, 1.82) is 0 Å². The molecular weight excluding hydrogens is 615 g/mol. The van der Waals surface area contributed by atoms with Crippen LogP contribution >= 0.6 is 0 Å². The molecule has 1 fully saturated rings. The molecule has 2 aromatic heterocycles. The number of alkyl halides is 3. The molecule has 2 aliphatic heterocycles. The first-order valence-corrected chi connectivity index (χ1v) is 15.4. The van der Waals surface area contributed by atoms with Crippen molar-refractivity contribution in [3.63, 3.8) is 0 Å². The second-order valence-corrected chi connectivity index (χ2v) is 12.8. The number of aryl methyl sites for hydroxylation is 1. The van der Waals surface area contributed by atoms with E-state index in [1.807, 2.05) is 50.6 Å². The van der Waals surface area contributed by atoms with Gasteiger partial charge < -0.3 is 19.1 Å². The molecular formula is C34H36F3N5O5. The summed E-state index contributed by atoms with van der Waals surface area (Å²) in [7, 11) is 1.52. The average molecular weight is 652 g/mol. The number of benzene rings is 2. The third-order valence-electron chi connectivity index (χ3n) is 8.38. The number of rotatable bonds is 5. The van der Waals surface area contributed by atoms with Crippen molar-refractivity contribution in [3.05, 3.63) is 71.4 Å². The highest BCUT2D eigenvalue weighted by Gasteiger charge is 2.51. The molecule has 4 aromatic rings. The minimum atomic E-state index is -4.91. The molecule has 0 saturated carbocycles. The van der Waals surface area contributed by atoms with E-state index < -0.39 is 24.0 Å². The summed E-state index contributed by atoms with van der Waals surface area (Å²) in [6, 6.07) is 13.9. The van der Waals surface area contributed by atoms with Gasteiger partial charge in [-0.15, -0.1) is 0 Å². The van der Waals surface area contributed by atoms with Crippen molar-refractivity contribution < 1.29 is 37.0 Å². The molecule has 0 unspecified atom stereocenters. The second-order valence-electron chi connectivity index (χ2n) is 12.8. The number of ether oxygens (including phenoxy) is 3. The molecule has 2 aliphatic rings. The van der Waals surface area contributed by atoms with Gasteiger partial charge in [0.2, 0.25) is 6.10 Å². The highest BCUT2D eigenvalue weighted by atomic mass is 19.4. The maximum Gasteiger partial charge on any atom is 0.430 e. The number of cyclic esters (lactones) is 1. The zero-order valence-corrected chi connectivity index (χ0v) is 26.8. The van der Waals surface area contributed by atoms with Crippen LogP contribution in [0.3, 0.4) is 0 Å². The van der Waals surface area contributed by atoms with Crippen molar-refractivity contribution in [3.8, 4) is 17.0 Å². The van der Waals surface area contributed by atoms with Crippen LogP contribution in [0.15, 0.2) is 54.7 Å². The lowest BCUT2D eigenvalue weighted by atomic mass is 9.95. The summed E-state index contributed by atoms with van der Waals surface area (Å²) in [4.78, 5) is 32.9. The Morgan fingerprint density at radius 1 is 1.04 bits per heavy atom. The summed E-state index contributed by atoms with van der Waals surface area (Å²) >= 11 is 0. The van der Waals surface area contributed by atoms with Gasteiger partial charge >= 0.3 is 18.4 Å². The number of piperidine rings is 1. The molecule has 248 valence electrons. The Hall–Kier alpha value is -4.81. The van der Waals surface area contributed by atoms with Gasteiger partial charge in [0.05, 0.1) is 30.8 Å². The van der Waals surface area contributed by atoms with Gasteiger partial charge in [0.15, 0.2) is 0 Å². The summed E-state index contributed by atoms with van der Waals surface area (Å²) in [6.07, 6.45) is -6.43. The van der Waals surface area contributed by atoms with E-state index in [0.29, 0.717) is 48.3 Å². The number of methoxy groups -OCH3 is 1. The maximum atomic E-state index is 14.6. The fourth-order valence-corrected chi connectivity index (χ4v) is 6.18. The standard InChI is InChI=1S/C34H36F3N5O5/c1-20-7-6-8-25-26(20)28(39-42(25)22-14-17-40(18-15-22)31(43)47-33(2,3)4)24-13-16-38-30-27(24)29(34(35,36)37)46-32(44)41(30)19-21-9-11-23(45-5)12-10-21/h6-13,16,22,29H,14-15,17-19H2,1-5H3/t29-/m1/s1. The Morgan fingerprint density at radius 2 is 1.74 bits per heavy atom. The van der Waals surface area contributed by atoms with Crippen LogP contribution in [0.5, 0.6) is 5.75 Å². The van der Waals surface area contributed by atoms with Crippen molar-refractivity contribution in [1.82, 2.24) is 19.7 Å². The number of halogens is 3. The number of fused-ring (bicyclic) bond motifs is 2. The zero-order chi connectivity index (χ0) is 33.7. The zero-order valence-electron chi connectivity index (χ0n) is 26.8. The van der Waals surface area contributed by atoms with Crippen LogP contribution in [0.25, 0.3) is 22.2 Å². The van der Waals surface area contributed by atoms with Crippen molar-refractivity contribution >= 4 is 28.9 Å². The predicted molar refractivity (Wildman–Crippen MR) is 168 cm³/mol. The van der Waals surface area contributed by atoms with Gasteiger partial charge in [-0.25, -0.2) is 14.6 Å². The molecule has 10 nitrogen and oxygen atoms in total. The summed E-state index contributed by atoms with van der Waals surface area (Å²) < 4.78 is 61.6. The van der Waals surface area contributed by atoms with Gasteiger partial charge in [0.25, 0.3) is 0 Å². The van der Waals surface area contributed by atoms with Crippen molar-refractivity contribution in [2.45, 2.75) is 71.0 Å². The lowest BCUT2D eigenvalue weighted by Crippen LogP contribution is -2.42. The molecule has 1 saturated heterocycles. The topological polar surface area (TPSA) is 99.0 Å². The van der Waals surface area contributed by atoms with E-state index in [9.17, 15) is 22.8 Å². The SMILES string of the molecule is COc1ccc(CN2C(=O)O[C@@H](C(F)(F)F)c3c(-c4nn(C5CCN(C(=O)OC(C)(C)C)CC5)c5cccc(C)c45)ccnc32)cc1. The number of amides is 2. The fraction of sp³-hybridized carbons (Fsp3) is 0.412. The van der Waals surface area contributed by atoms with E-state index in [1.165, 1.54) is 19.4 Å². The molecule has 0 aliphatic carbocycles. The van der Waals surface area contributed by atoms with Gasteiger partial charge in [0.1, 0.15) is 22.9 Å². The summed E-state index contributed by atoms with van der Waals surface area (Å²) in [5.74, 6) is 0.458. The van der Waals surface area contributed by atoms with Gasteiger partial charge in [0, 0.05) is 30.2 Å².